The van der Waals surface area contributed by atoms with Crippen LogP contribution in [0.2, 0.25) is 5.02 Å². The second-order valence-corrected chi connectivity index (χ2v) is 7.01. The number of piperidine rings is 1. The topological polar surface area (TPSA) is 20.3 Å². The zero-order valence-electron chi connectivity index (χ0n) is 11.4. The Morgan fingerprint density at radius 3 is 2.89 bits per heavy atom. The molecular weight excluding hydrogens is 278 g/mol. The Balaban J connectivity index is 1.97. The van der Waals surface area contributed by atoms with Crippen molar-refractivity contribution in [2.75, 3.05) is 13.1 Å². The molecule has 0 N–H and O–H groups in total. The highest BCUT2D eigenvalue weighted by Crippen LogP contribution is 2.31. The normalized spacial score (nSPS) is 21.2. The van der Waals surface area contributed by atoms with E-state index < -0.39 is 0 Å². The third-order valence-corrected chi connectivity index (χ3v) is 5.06. The number of nitrogens with zero attached hydrogens (tertiary/aromatic N) is 1. The molecule has 0 aliphatic carbocycles. The second-order valence-electron chi connectivity index (χ2n) is 5.22. The lowest BCUT2D eigenvalue weighted by Crippen LogP contribution is -2.42. The summed E-state index contributed by atoms with van der Waals surface area (Å²) in [5.74, 6) is 0.853. The lowest BCUT2D eigenvalue weighted by atomic mass is 10.0. The number of carbonyl (C=O) groups excluding carboxylic acids is 1. The summed E-state index contributed by atoms with van der Waals surface area (Å²) in [6.45, 7) is 5.98. The third-order valence-electron chi connectivity index (χ3n) is 3.46. The molecular formula is C15H20ClNOS. The van der Waals surface area contributed by atoms with Crippen molar-refractivity contribution in [1.82, 2.24) is 4.90 Å². The van der Waals surface area contributed by atoms with Crippen molar-refractivity contribution in [3.05, 3.63) is 29.3 Å². The zero-order chi connectivity index (χ0) is 13.8. The minimum atomic E-state index is -0.0785. The van der Waals surface area contributed by atoms with Crippen LogP contribution in [0.4, 0.5) is 0 Å². The Morgan fingerprint density at radius 2 is 2.21 bits per heavy atom. The van der Waals surface area contributed by atoms with Crippen molar-refractivity contribution in [2.45, 2.75) is 36.8 Å². The van der Waals surface area contributed by atoms with Gasteiger partial charge >= 0.3 is 0 Å². The number of benzene rings is 1. The molecule has 1 aromatic carbocycles. The molecule has 1 saturated heterocycles. The van der Waals surface area contributed by atoms with Crippen LogP contribution in [0.3, 0.4) is 0 Å². The Kier molecular flexibility index (Phi) is 5.17. The summed E-state index contributed by atoms with van der Waals surface area (Å²) < 4.78 is 0. The van der Waals surface area contributed by atoms with Crippen LogP contribution in [-0.2, 0) is 4.79 Å². The average Bonchev–Trinajstić information content (AvgIpc) is 2.40. The molecule has 1 amide bonds. The maximum atomic E-state index is 12.4. The minimum Gasteiger partial charge on any atom is -0.341 e. The lowest BCUT2D eigenvalue weighted by Gasteiger charge is -2.32. The van der Waals surface area contributed by atoms with E-state index in [0.29, 0.717) is 5.92 Å². The van der Waals surface area contributed by atoms with Crippen LogP contribution in [0, 0.1) is 5.92 Å². The maximum absolute atomic E-state index is 12.4. The van der Waals surface area contributed by atoms with E-state index in [2.05, 4.69) is 6.92 Å². The number of amides is 1. The number of carbonyl (C=O) groups is 1. The third kappa shape index (κ3) is 3.90. The molecule has 1 heterocycles. The SMILES string of the molecule is CC1CCCN(C(=O)C(C)Sc2ccccc2Cl)C1. The predicted molar refractivity (Wildman–Crippen MR) is 81.7 cm³/mol. The number of halogens is 1. The van der Waals surface area contributed by atoms with Gasteiger partial charge < -0.3 is 4.90 Å². The fourth-order valence-electron chi connectivity index (χ4n) is 2.43. The first kappa shape index (κ1) is 14.7. The van der Waals surface area contributed by atoms with Gasteiger partial charge in [-0.05, 0) is 37.8 Å². The van der Waals surface area contributed by atoms with Gasteiger partial charge in [-0.3, -0.25) is 4.79 Å². The molecule has 0 saturated carbocycles. The summed E-state index contributed by atoms with van der Waals surface area (Å²) in [5, 5.41) is 0.643. The summed E-state index contributed by atoms with van der Waals surface area (Å²) >= 11 is 7.69. The zero-order valence-corrected chi connectivity index (χ0v) is 13.0. The van der Waals surface area contributed by atoms with Crippen LogP contribution in [-0.4, -0.2) is 29.1 Å². The molecule has 0 spiro atoms. The smallest absolute Gasteiger partial charge is 0.235 e. The average molecular weight is 298 g/mol. The van der Waals surface area contributed by atoms with Crippen LogP contribution in [0.1, 0.15) is 26.7 Å². The first-order valence-electron chi connectivity index (χ1n) is 6.78. The molecule has 1 aliphatic rings. The first-order chi connectivity index (χ1) is 9.08. The van der Waals surface area contributed by atoms with E-state index in [1.165, 1.54) is 6.42 Å². The summed E-state index contributed by atoms with van der Waals surface area (Å²) in [4.78, 5) is 15.4. The molecule has 4 heteroatoms. The summed E-state index contributed by atoms with van der Waals surface area (Å²) in [7, 11) is 0. The van der Waals surface area contributed by atoms with Gasteiger partial charge in [0.1, 0.15) is 0 Å². The highest BCUT2D eigenvalue weighted by molar-refractivity contribution is 8.00. The lowest BCUT2D eigenvalue weighted by molar-refractivity contribution is -0.131. The Hall–Kier alpha value is -0.670. The molecule has 2 rings (SSSR count). The Bertz CT molecular complexity index is 452. The minimum absolute atomic E-state index is 0.0785. The molecule has 19 heavy (non-hydrogen) atoms. The summed E-state index contributed by atoms with van der Waals surface area (Å²) in [6, 6.07) is 7.69. The van der Waals surface area contributed by atoms with Crippen molar-refractivity contribution in [3.63, 3.8) is 0 Å². The van der Waals surface area contributed by atoms with E-state index in [4.69, 9.17) is 11.6 Å². The van der Waals surface area contributed by atoms with E-state index in [-0.39, 0.29) is 11.2 Å². The Labute approximate surface area is 124 Å². The molecule has 0 aromatic heterocycles. The van der Waals surface area contributed by atoms with Gasteiger partial charge in [-0.2, -0.15) is 0 Å². The fraction of sp³-hybridized carbons (Fsp3) is 0.533. The molecule has 1 fully saturated rings. The van der Waals surface area contributed by atoms with Gasteiger partial charge in [-0.15, -0.1) is 11.8 Å². The van der Waals surface area contributed by atoms with E-state index in [0.717, 1.165) is 29.4 Å². The number of hydrogen-bond donors (Lipinski definition) is 0. The fourth-order valence-corrected chi connectivity index (χ4v) is 3.67. The standard InChI is InChI=1S/C15H20ClNOS/c1-11-6-5-9-17(10-11)15(18)12(2)19-14-8-4-3-7-13(14)16/h3-4,7-8,11-12H,5-6,9-10H2,1-2H3. The van der Waals surface area contributed by atoms with Crippen LogP contribution < -0.4 is 0 Å². The van der Waals surface area contributed by atoms with Gasteiger partial charge in [0.05, 0.1) is 10.3 Å². The van der Waals surface area contributed by atoms with Gasteiger partial charge in [0.15, 0.2) is 0 Å². The predicted octanol–water partition coefficient (Wildman–Crippen LogP) is 4.08. The van der Waals surface area contributed by atoms with Gasteiger partial charge in [0.25, 0.3) is 0 Å². The maximum Gasteiger partial charge on any atom is 0.235 e. The van der Waals surface area contributed by atoms with Crippen LogP contribution in [0.15, 0.2) is 29.2 Å². The van der Waals surface area contributed by atoms with Crippen molar-refractivity contribution < 1.29 is 4.79 Å². The van der Waals surface area contributed by atoms with Crippen molar-refractivity contribution in [2.24, 2.45) is 5.92 Å². The monoisotopic (exact) mass is 297 g/mol. The van der Waals surface area contributed by atoms with Crippen LogP contribution in [0.25, 0.3) is 0 Å². The van der Waals surface area contributed by atoms with Gasteiger partial charge in [-0.25, -0.2) is 0 Å². The van der Waals surface area contributed by atoms with Crippen molar-refractivity contribution in [3.8, 4) is 0 Å². The quantitative estimate of drug-likeness (QED) is 0.784. The molecule has 2 unspecified atom stereocenters. The molecule has 2 atom stereocenters. The largest absolute Gasteiger partial charge is 0.341 e. The molecule has 1 aromatic rings. The highest BCUT2D eigenvalue weighted by Gasteiger charge is 2.25. The van der Waals surface area contributed by atoms with Gasteiger partial charge in [0, 0.05) is 18.0 Å². The molecule has 0 bridgehead atoms. The van der Waals surface area contributed by atoms with E-state index >= 15 is 0 Å². The summed E-state index contributed by atoms with van der Waals surface area (Å²) in [5.41, 5.74) is 0. The number of thioether (sulfide) groups is 1. The molecule has 0 radical (unpaired) electrons. The number of hydrogen-bond acceptors (Lipinski definition) is 2. The first-order valence-corrected chi connectivity index (χ1v) is 8.03. The molecule has 1 aliphatic heterocycles. The molecule has 2 nitrogen and oxygen atoms in total. The highest BCUT2D eigenvalue weighted by atomic mass is 35.5. The van der Waals surface area contributed by atoms with Crippen LogP contribution >= 0.6 is 23.4 Å². The van der Waals surface area contributed by atoms with Crippen molar-refractivity contribution in [1.29, 1.82) is 0 Å². The van der Waals surface area contributed by atoms with E-state index in [9.17, 15) is 4.79 Å². The van der Waals surface area contributed by atoms with Gasteiger partial charge in [0.2, 0.25) is 5.91 Å². The Morgan fingerprint density at radius 1 is 1.47 bits per heavy atom. The van der Waals surface area contributed by atoms with Gasteiger partial charge in [-0.1, -0.05) is 30.7 Å². The second kappa shape index (κ2) is 6.67. The number of rotatable bonds is 3. The van der Waals surface area contributed by atoms with Crippen molar-refractivity contribution >= 4 is 29.3 Å². The van der Waals surface area contributed by atoms with E-state index in [1.54, 1.807) is 11.8 Å². The molecule has 104 valence electrons. The van der Waals surface area contributed by atoms with Crippen LogP contribution in [0.5, 0.6) is 0 Å². The summed E-state index contributed by atoms with van der Waals surface area (Å²) in [6.07, 6.45) is 2.35. The number of likely N-dealkylation sites (tertiary alicyclic amines) is 1. The van der Waals surface area contributed by atoms with E-state index in [1.807, 2.05) is 36.1 Å².